The molecule has 2 fully saturated rings. The van der Waals surface area contributed by atoms with Crippen LogP contribution in [-0.4, -0.2) is 81.5 Å². The van der Waals surface area contributed by atoms with Gasteiger partial charge in [-0.1, -0.05) is 30.0 Å². The number of carboxylic acids is 1. The van der Waals surface area contributed by atoms with Gasteiger partial charge in [-0.3, -0.25) is 18.9 Å². The fourth-order valence-electron chi connectivity index (χ4n) is 4.01. The van der Waals surface area contributed by atoms with E-state index >= 15 is 0 Å². The van der Waals surface area contributed by atoms with Crippen molar-refractivity contribution < 1.29 is 24.7 Å². The van der Waals surface area contributed by atoms with Gasteiger partial charge in [0.25, 0.3) is 11.5 Å². The fourth-order valence-corrected chi connectivity index (χ4v) is 5.24. The standard InChI is InChI=1S/C21H23N5O5S2/c1-13-3-2-4-25-17(13)22-18(24-7-5-23(6-8-24)9-10-27)14(19(25)30)11-15-20(31)26(12-16(28)29)21(32)33-15/h2-4,11,27H,5-10,12H2,1H3,(H,28,29). The zero-order chi connectivity index (χ0) is 23.7. The van der Waals surface area contributed by atoms with Gasteiger partial charge >= 0.3 is 0 Å². The number of fused-ring (bicyclic) bond motifs is 1. The lowest BCUT2D eigenvalue weighted by molar-refractivity contribution is -0.900. The van der Waals surface area contributed by atoms with Gasteiger partial charge in [0, 0.05) is 6.20 Å². The Balaban J connectivity index is 1.80. The highest BCUT2D eigenvalue weighted by molar-refractivity contribution is 8.26. The van der Waals surface area contributed by atoms with E-state index in [1.807, 2.05) is 17.9 Å². The summed E-state index contributed by atoms with van der Waals surface area (Å²) in [4.78, 5) is 46.5. The molecule has 1 amide bonds. The van der Waals surface area contributed by atoms with Crippen LogP contribution in [0, 0.1) is 6.92 Å². The maximum atomic E-state index is 13.5. The molecule has 0 saturated carbocycles. The molecule has 0 aromatic carbocycles. The van der Waals surface area contributed by atoms with Crippen LogP contribution in [0.5, 0.6) is 0 Å². The Morgan fingerprint density at radius 1 is 1.36 bits per heavy atom. The normalized spacial score (nSPS) is 18.7. The van der Waals surface area contributed by atoms with Gasteiger partial charge < -0.3 is 24.8 Å². The molecule has 0 spiro atoms. The highest BCUT2D eigenvalue weighted by Gasteiger charge is 2.33. The molecule has 2 aromatic heterocycles. The number of carbonyl (C=O) groups is 2. The monoisotopic (exact) mass is 489 g/mol. The quantitative estimate of drug-likeness (QED) is 0.339. The van der Waals surface area contributed by atoms with Crippen LogP contribution >= 0.6 is 24.0 Å². The number of anilines is 1. The molecule has 10 nitrogen and oxygen atoms in total. The SMILES string of the molecule is Cc1cccn2c(=O)c(C=C3SC(=S)N(CC(=O)[O-])C3=O)c(N3CC[NH+](CCO)CC3)nc12. The van der Waals surface area contributed by atoms with Crippen LogP contribution in [0.15, 0.2) is 28.0 Å². The number of aryl methyl sites for hydroxylation is 1. The number of quaternary nitrogens is 1. The molecule has 2 saturated heterocycles. The lowest BCUT2D eigenvalue weighted by atomic mass is 10.2. The van der Waals surface area contributed by atoms with Gasteiger partial charge in [-0.25, -0.2) is 4.98 Å². The number of hydrogen-bond donors (Lipinski definition) is 2. The molecule has 0 radical (unpaired) electrons. The number of rotatable bonds is 6. The number of thioether (sulfide) groups is 1. The number of thiocarbonyl (C=S) groups is 1. The molecule has 4 heterocycles. The predicted octanol–water partition coefficient (Wildman–Crippen LogP) is -2.35. The minimum atomic E-state index is -1.42. The van der Waals surface area contributed by atoms with Crippen molar-refractivity contribution in [1.82, 2.24) is 14.3 Å². The Morgan fingerprint density at radius 2 is 2.09 bits per heavy atom. The smallest absolute Gasteiger partial charge is 0.267 e. The van der Waals surface area contributed by atoms with E-state index in [2.05, 4.69) is 0 Å². The zero-order valence-electron chi connectivity index (χ0n) is 17.9. The van der Waals surface area contributed by atoms with Crippen LogP contribution in [-0.2, 0) is 9.59 Å². The minimum absolute atomic E-state index is 0.0999. The van der Waals surface area contributed by atoms with E-state index < -0.39 is 18.4 Å². The van der Waals surface area contributed by atoms with E-state index in [1.165, 1.54) is 15.4 Å². The summed E-state index contributed by atoms with van der Waals surface area (Å²) in [6, 6.07) is 3.63. The Bertz CT molecular complexity index is 1220. The number of aliphatic carboxylic acids is 1. The average molecular weight is 490 g/mol. The summed E-state index contributed by atoms with van der Waals surface area (Å²) in [5.41, 5.74) is 1.29. The van der Waals surface area contributed by atoms with Crippen molar-refractivity contribution in [3.63, 3.8) is 0 Å². The van der Waals surface area contributed by atoms with Gasteiger partial charge in [0.05, 0.1) is 55.8 Å². The summed E-state index contributed by atoms with van der Waals surface area (Å²) in [6.45, 7) is 4.84. The molecular weight excluding hydrogens is 466 g/mol. The molecule has 0 bridgehead atoms. The number of aromatic nitrogens is 2. The van der Waals surface area contributed by atoms with Gasteiger partial charge in [0.1, 0.15) is 22.3 Å². The lowest BCUT2D eigenvalue weighted by Gasteiger charge is -2.33. The summed E-state index contributed by atoms with van der Waals surface area (Å²) in [5, 5.41) is 20.2. The van der Waals surface area contributed by atoms with Crippen molar-refractivity contribution in [2.24, 2.45) is 0 Å². The lowest BCUT2D eigenvalue weighted by Crippen LogP contribution is -3.15. The third kappa shape index (κ3) is 4.64. The molecule has 4 rings (SSSR count). The van der Waals surface area contributed by atoms with E-state index in [9.17, 15) is 24.6 Å². The zero-order valence-corrected chi connectivity index (χ0v) is 19.6. The molecule has 0 aliphatic carbocycles. The van der Waals surface area contributed by atoms with Crippen LogP contribution in [0.4, 0.5) is 5.82 Å². The maximum absolute atomic E-state index is 13.5. The van der Waals surface area contributed by atoms with Crippen LogP contribution in [0.1, 0.15) is 11.1 Å². The third-order valence-corrected chi connectivity index (χ3v) is 7.11. The Hall–Kier alpha value is -2.80. The number of aliphatic hydroxyl groups excluding tert-OH is 1. The second-order valence-electron chi connectivity index (χ2n) is 7.89. The molecular formula is C21H23N5O5S2. The number of aliphatic hydroxyl groups is 1. The van der Waals surface area contributed by atoms with Crippen molar-refractivity contribution in [1.29, 1.82) is 0 Å². The summed E-state index contributed by atoms with van der Waals surface area (Å²) in [6.07, 6.45) is 3.09. The van der Waals surface area contributed by atoms with E-state index in [-0.39, 0.29) is 27.0 Å². The molecule has 0 unspecified atom stereocenters. The van der Waals surface area contributed by atoms with Crippen LogP contribution in [0.25, 0.3) is 11.7 Å². The molecule has 2 aliphatic heterocycles. The van der Waals surface area contributed by atoms with Crippen molar-refractivity contribution in [3.05, 3.63) is 44.7 Å². The molecule has 33 heavy (non-hydrogen) atoms. The predicted molar refractivity (Wildman–Crippen MR) is 126 cm³/mol. The first-order valence-corrected chi connectivity index (χ1v) is 11.7. The number of carbonyl (C=O) groups excluding carboxylic acids is 2. The number of pyridine rings is 1. The summed E-state index contributed by atoms with van der Waals surface area (Å²) < 4.78 is 1.54. The molecule has 2 N–H and O–H groups in total. The van der Waals surface area contributed by atoms with Crippen molar-refractivity contribution in [2.45, 2.75) is 6.92 Å². The molecule has 0 atom stereocenters. The minimum Gasteiger partial charge on any atom is -0.548 e. The second-order valence-corrected chi connectivity index (χ2v) is 9.57. The number of carboxylic acid groups (broad SMARTS) is 1. The highest BCUT2D eigenvalue weighted by Crippen LogP contribution is 2.33. The Labute approximate surface area is 199 Å². The fraction of sp³-hybridized carbons (Fsp3) is 0.381. The number of nitrogens with one attached hydrogen (secondary N) is 1. The molecule has 2 aliphatic rings. The highest BCUT2D eigenvalue weighted by atomic mass is 32.2. The van der Waals surface area contributed by atoms with E-state index in [0.717, 1.165) is 35.3 Å². The first-order chi connectivity index (χ1) is 15.8. The third-order valence-electron chi connectivity index (χ3n) is 5.74. The first-order valence-electron chi connectivity index (χ1n) is 10.5. The Kier molecular flexibility index (Phi) is 6.79. The van der Waals surface area contributed by atoms with Crippen molar-refractivity contribution >= 4 is 57.7 Å². The van der Waals surface area contributed by atoms with Gasteiger partial charge in [-0.2, -0.15) is 0 Å². The summed E-state index contributed by atoms with van der Waals surface area (Å²) in [5.74, 6) is -1.52. The number of nitrogens with zero attached hydrogens (tertiary/aromatic N) is 4. The van der Waals surface area contributed by atoms with Gasteiger partial charge in [0.2, 0.25) is 0 Å². The number of amides is 1. The summed E-state index contributed by atoms with van der Waals surface area (Å²) >= 11 is 6.11. The van der Waals surface area contributed by atoms with Gasteiger partial charge in [-0.15, -0.1) is 0 Å². The Morgan fingerprint density at radius 3 is 2.76 bits per heavy atom. The number of hydrogen-bond acceptors (Lipinski definition) is 9. The second kappa shape index (κ2) is 9.59. The largest absolute Gasteiger partial charge is 0.548 e. The topological polar surface area (TPSA) is 123 Å². The van der Waals surface area contributed by atoms with E-state index in [0.29, 0.717) is 31.1 Å². The van der Waals surface area contributed by atoms with E-state index in [4.69, 9.17) is 17.2 Å². The van der Waals surface area contributed by atoms with Gasteiger partial charge in [0.15, 0.2) is 0 Å². The molecule has 12 heteroatoms. The number of piperazine rings is 1. The maximum Gasteiger partial charge on any atom is 0.267 e. The average Bonchev–Trinajstić information content (AvgIpc) is 3.04. The van der Waals surface area contributed by atoms with Gasteiger partial charge in [-0.05, 0) is 24.6 Å². The molecule has 174 valence electrons. The van der Waals surface area contributed by atoms with Crippen LogP contribution < -0.4 is 20.5 Å². The van der Waals surface area contributed by atoms with E-state index in [1.54, 1.807) is 12.3 Å². The van der Waals surface area contributed by atoms with Crippen LogP contribution in [0.2, 0.25) is 0 Å². The van der Waals surface area contributed by atoms with Crippen LogP contribution in [0.3, 0.4) is 0 Å². The van der Waals surface area contributed by atoms with Crippen molar-refractivity contribution in [3.8, 4) is 0 Å². The molecule has 2 aromatic rings. The summed E-state index contributed by atoms with van der Waals surface area (Å²) in [7, 11) is 0. The first kappa shape index (κ1) is 23.4. The van der Waals surface area contributed by atoms with Crippen molar-refractivity contribution in [2.75, 3.05) is 50.8 Å².